The molecule has 0 heterocycles. The maximum Gasteiger partial charge on any atom is 0.128 e. The predicted molar refractivity (Wildman–Crippen MR) is 77.0 cm³/mol. The lowest BCUT2D eigenvalue weighted by atomic mass is 9.84. The summed E-state index contributed by atoms with van der Waals surface area (Å²) in [5.74, 6) is 0.630. The van der Waals surface area contributed by atoms with Gasteiger partial charge in [0.05, 0.1) is 0 Å². The first-order chi connectivity index (χ1) is 8.66. The molecule has 18 heavy (non-hydrogen) atoms. The van der Waals surface area contributed by atoms with Crippen molar-refractivity contribution in [1.29, 1.82) is 0 Å². The van der Waals surface area contributed by atoms with E-state index in [4.69, 9.17) is 0 Å². The summed E-state index contributed by atoms with van der Waals surface area (Å²) >= 11 is 3.28. The van der Waals surface area contributed by atoms with Crippen LogP contribution in [0.2, 0.25) is 0 Å². The number of benzene rings is 1. The maximum atomic E-state index is 13.7. The van der Waals surface area contributed by atoms with Crippen molar-refractivity contribution < 1.29 is 4.39 Å². The van der Waals surface area contributed by atoms with Crippen LogP contribution in [0.4, 0.5) is 4.39 Å². The third-order valence-electron chi connectivity index (χ3n) is 3.99. The zero-order chi connectivity index (χ0) is 13.0. The average Bonchev–Trinajstić information content (AvgIpc) is 2.38. The molecule has 0 unspecified atom stereocenters. The fraction of sp³-hybridized carbons (Fsp3) is 0.600. The molecule has 1 fully saturated rings. The van der Waals surface area contributed by atoms with Crippen LogP contribution in [-0.4, -0.2) is 6.04 Å². The summed E-state index contributed by atoms with van der Waals surface area (Å²) in [7, 11) is 0. The van der Waals surface area contributed by atoms with Gasteiger partial charge in [-0.05, 0) is 37.8 Å². The SMILES string of the molecule is C[C@@H](NCc1ccc(Br)cc1F)C1CCCCC1. The van der Waals surface area contributed by atoms with Gasteiger partial charge in [-0.25, -0.2) is 4.39 Å². The molecule has 1 aliphatic carbocycles. The molecule has 3 heteroatoms. The Bertz CT molecular complexity index is 388. The highest BCUT2D eigenvalue weighted by atomic mass is 79.9. The van der Waals surface area contributed by atoms with Gasteiger partial charge in [0.25, 0.3) is 0 Å². The van der Waals surface area contributed by atoms with E-state index >= 15 is 0 Å². The monoisotopic (exact) mass is 313 g/mol. The Morgan fingerprint density at radius 3 is 2.72 bits per heavy atom. The van der Waals surface area contributed by atoms with Crippen LogP contribution in [0.15, 0.2) is 22.7 Å². The van der Waals surface area contributed by atoms with Crippen molar-refractivity contribution in [2.45, 2.75) is 51.6 Å². The van der Waals surface area contributed by atoms with E-state index in [0.29, 0.717) is 12.6 Å². The zero-order valence-corrected chi connectivity index (χ0v) is 12.5. The van der Waals surface area contributed by atoms with Crippen LogP contribution in [0, 0.1) is 11.7 Å². The van der Waals surface area contributed by atoms with Crippen LogP contribution < -0.4 is 5.32 Å². The summed E-state index contributed by atoms with van der Waals surface area (Å²) in [4.78, 5) is 0. The van der Waals surface area contributed by atoms with Gasteiger partial charge in [0.15, 0.2) is 0 Å². The Kier molecular flexibility index (Phi) is 5.19. The van der Waals surface area contributed by atoms with Crippen LogP contribution in [-0.2, 0) is 6.54 Å². The van der Waals surface area contributed by atoms with Crippen LogP contribution in [0.1, 0.15) is 44.6 Å². The number of nitrogens with one attached hydrogen (secondary N) is 1. The normalized spacial score (nSPS) is 18.8. The molecule has 1 saturated carbocycles. The van der Waals surface area contributed by atoms with Crippen LogP contribution in [0.3, 0.4) is 0 Å². The molecule has 0 radical (unpaired) electrons. The Balaban J connectivity index is 1.86. The van der Waals surface area contributed by atoms with E-state index in [1.807, 2.05) is 12.1 Å². The minimum Gasteiger partial charge on any atom is -0.310 e. The third kappa shape index (κ3) is 3.79. The van der Waals surface area contributed by atoms with Gasteiger partial charge in [-0.2, -0.15) is 0 Å². The zero-order valence-electron chi connectivity index (χ0n) is 10.9. The highest BCUT2D eigenvalue weighted by Gasteiger charge is 2.19. The molecule has 0 aliphatic heterocycles. The minimum absolute atomic E-state index is 0.132. The largest absolute Gasteiger partial charge is 0.310 e. The van der Waals surface area contributed by atoms with Gasteiger partial charge in [-0.15, -0.1) is 0 Å². The van der Waals surface area contributed by atoms with Crippen LogP contribution in [0.5, 0.6) is 0 Å². The van der Waals surface area contributed by atoms with Crippen LogP contribution >= 0.6 is 15.9 Å². The molecule has 1 aliphatic rings. The molecule has 0 saturated heterocycles. The summed E-state index contributed by atoms with van der Waals surface area (Å²) in [6.07, 6.45) is 6.71. The van der Waals surface area contributed by atoms with E-state index in [0.717, 1.165) is 16.0 Å². The van der Waals surface area contributed by atoms with Crippen molar-refractivity contribution in [3.8, 4) is 0 Å². The lowest BCUT2D eigenvalue weighted by Gasteiger charge is -2.28. The molecule has 1 aromatic carbocycles. The first-order valence-electron chi connectivity index (χ1n) is 6.84. The molecule has 1 atom stereocenters. The molecule has 1 nitrogen and oxygen atoms in total. The molecule has 2 rings (SSSR count). The second-order valence-corrected chi connectivity index (χ2v) is 6.22. The molecule has 0 bridgehead atoms. The summed E-state index contributed by atoms with van der Waals surface area (Å²) in [6.45, 7) is 2.85. The highest BCUT2D eigenvalue weighted by molar-refractivity contribution is 9.10. The summed E-state index contributed by atoms with van der Waals surface area (Å²) < 4.78 is 14.5. The van der Waals surface area contributed by atoms with Crippen molar-refractivity contribution in [3.63, 3.8) is 0 Å². The molecule has 0 amide bonds. The molecule has 1 aromatic rings. The van der Waals surface area contributed by atoms with Crippen molar-refractivity contribution in [3.05, 3.63) is 34.1 Å². The van der Waals surface area contributed by atoms with Crippen molar-refractivity contribution >= 4 is 15.9 Å². The van der Waals surface area contributed by atoms with Gasteiger partial charge >= 0.3 is 0 Å². The molecular formula is C15H21BrFN. The first kappa shape index (κ1) is 14.0. The average molecular weight is 314 g/mol. The van der Waals surface area contributed by atoms with E-state index in [1.165, 1.54) is 38.2 Å². The number of rotatable bonds is 4. The van der Waals surface area contributed by atoms with E-state index in [-0.39, 0.29) is 5.82 Å². The van der Waals surface area contributed by atoms with Crippen molar-refractivity contribution in [2.75, 3.05) is 0 Å². The van der Waals surface area contributed by atoms with Gasteiger partial charge in [0.1, 0.15) is 5.82 Å². The van der Waals surface area contributed by atoms with E-state index in [2.05, 4.69) is 28.2 Å². The van der Waals surface area contributed by atoms with Crippen molar-refractivity contribution in [1.82, 2.24) is 5.32 Å². The smallest absolute Gasteiger partial charge is 0.128 e. The number of hydrogen-bond acceptors (Lipinski definition) is 1. The number of hydrogen-bond donors (Lipinski definition) is 1. The first-order valence-corrected chi connectivity index (χ1v) is 7.63. The topological polar surface area (TPSA) is 12.0 Å². The second kappa shape index (κ2) is 6.67. The number of halogens is 2. The van der Waals surface area contributed by atoms with Gasteiger partial charge < -0.3 is 5.32 Å². The molecule has 0 aromatic heterocycles. The molecule has 1 N–H and O–H groups in total. The van der Waals surface area contributed by atoms with Gasteiger partial charge in [0, 0.05) is 22.6 Å². The quantitative estimate of drug-likeness (QED) is 0.853. The highest BCUT2D eigenvalue weighted by Crippen LogP contribution is 2.26. The Labute approximate surface area is 117 Å². The van der Waals surface area contributed by atoms with Crippen molar-refractivity contribution in [2.24, 2.45) is 5.92 Å². The fourth-order valence-corrected chi connectivity index (χ4v) is 3.07. The second-order valence-electron chi connectivity index (χ2n) is 5.30. The molecule has 0 spiro atoms. The van der Waals surface area contributed by atoms with Crippen LogP contribution in [0.25, 0.3) is 0 Å². The Morgan fingerprint density at radius 2 is 2.06 bits per heavy atom. The van der Waals surface area contributed by atoms with Gasteiger partial charge in [0.2, 0.25) is 0 Å². The van der Waals surface area contributed by atoms with E-state index in [9.17, 15) is 4.39 Å². The lowest BCUT2D eigenvalue weighted by Crippen LogP contribution is -2.34. The van der Waals surface area contributed by atoms with E-state index in [1.54, 1.807) is 0 Å². The minimum atomic E-state index is -0.132. The Hall–Kier alpha value is -0.410. The van der Waals surface area contributed by atoms with Gasteiger partial charge in [-0.3, -0.25) is 0 Å². The van der Waals surface area contributed by atoms with Gasteiger partial charge in [-0.1, -0.05) is 41.3 Å². The summed E-state index contributed by atoms with van der Waals surface area (Å²) in [5, 5.41) is 3.47. The Morgan fingerprint density at radius 1 is 1.33 bits per heavy atom. The maximum absolute atomic E-state index is 13.7. The fourth-order valence-electron chi connectivity index (χ4n) is 2.74. The molecular weight excluding hydrogens is 293 g/mol. The molecule has 100 valence electrons. The third-order valence-corrected chi connectivity index (χ3v) is 4.48. The lowest BCUT2D eigenvalue weighted by molar-refractivity contribution is 0.280. The van der Waals surface area contributed by atoms with E-state index < -0.39 is 0 Å². The summed E-state index contributed by atoms with van der Waals surface area (Å²) in [6, 6.07) is 5.75. The standard InChI is InChI=1S/C15H21BrFN/c1-11(12-5-3-2-4-6-12)18-10-13-7-8-14(16)9-15(13)17/h7-9,11-12,18H,2-6,10H2,1H3/t11-/m1/s1. The summed E-state index contributed by atoms with van der Waals surface area (Å²) in [5.41, 5.74) is 0.751. The predicted octanol–water partition coefficient (Wildman–Crippen LogP) is 4.65.